The van der Waals surface area contributed by atoms with Gasteiger partial charge >= 0.3 is 0 Å². The summed E-state index contributed by atoms with van der Waals surface area (Å²) < 4.78 is 19.9. The van der Waals surface area contributed by atoms with Gasteiger partial charge in [0.1, 0.15) is 5.82 Å². The first-order valence-electron chi connectivity index (χ1n) is 11.6. The minimum Gasteiger partial charge on any atom is -0.383 e. The summed E-state index contributed by atoms with van der Waals surface area (Å²) in [7, 11) is 1.54. The third kappa shape index (κ3) is 5.95. The Labute approximate surface area is 217 Å². The summed E-state index contributed by atoms with van der Waals surface area (Å²) in [6.07, 6.45) is 0. The summed E-state index contributed by atoms with van der Waals surface area (Å²) in [5, 5.41) is 3.30. The molecule has 1 N–H and O–H groups in total. The highest BCUT2D eigenvalue weighted by Gasteiger charge is 2.18. The molecule has 4 aromatic rings. The molecule has 0 fully saturated rings. The molecule has 3 aromatic carbocycles. The maximum atomic E-state index is 13.6. The smallest absolute Gasteiger partial charge is 0.266 e. The summed E-state index contributed by atoms with van der Waals surface area (Å²) in [5.74, 6) is -0.814. The highest BCUT2D eigenvalue weighted by molar-refractivity contribution is 7.99. The van der Waals surface area contributed by atoms with Crippen LogP contribution >= 0.6 is 11.8 Å². The fraction of sp³-hybridized carbons (Fsp3) is 0.214. The molecule has 0 saturated heterocycles. The lowest BCUT2D eigenvalue weighted by molar-refractivity contribution is 0.0936. The number of nitrogens with zero attached hydrogens (tertiary/aromatic N) is 2. The molecule has 0 aliphatic carbocycles. The van der Waals surface area contributed by atoms with Gasteiger partial charge in [-0.3, -0.25) is 19.0 Å². The Balaban J connectivity index is 1.74. The van der Waals surface area contributed by atoms with Crippen LogP contribution in [0.3, 0.4) is 0 Å². The minimum atomic E-state index is -0.436. The molecule has 7 nitrogen and oxygen atoms in total. The molecular formula is C28H26FN3O4S. The average molecular weight is 520 g/mol. The van der Waals surface area contributed by atoms with Gasteiger partial charge in [-0.2, -0.15) is 0 Å². The van der Waals surface area contributed by atoms with E-state index in [9.17, 15) is 18.8 Å². The zero-order valence-corrected chi connectivity index (χ0v) is 21.5. The number of amides is 1. The van der Waals surface area contributed by atoms with Crippen molar-refractivity contribution in [2.45, 2.75) is 19.0 Å². The van der Waals surface area contributed by atoms with E-state index in [1.54, 1.807) is 31.4 Å². The van der Waals surface area contributed by atoms with E-state index in [0.29, 0.717) is 40.9 Å². The number of hydrogen-bond acceptors (Lipinski definition) is 6. The van der Waals surface area contributed by atoms with E-state index in [2.05, 4.69) is 10.3 Å². The minimum absolute atomic E-state index is 0.0419. The van der Waals surface area contributed by atoms with Crippen LogP contribution < -0.4 is 10.9 Å². The van der Waals surface area contributed by atoms with E-state index >= 15 is 0 Å². The Morgan fingerprint density at radius 3 is 2.51 bits per heavy atom. The molecule has 1 aromatic heterocycles. The molecule has 0 saturated carbocycles. The summed E-state index contributed by atoms with van der Waals surface area (Å²) in [6, 6.07) is 15.8. The Kier molecular flexibility index (Phi) is 8.15. The number of hydrogen-bond donors (Lipinski definition) is 1. The molecule has 9 heteroatoms. The number of aromatic nitrogens is 2. The van der Waals surface area contributed by atoms with Crippen LogP contribution in [-0.4, -0.2) is 47.3 Å². The first kappa shape index (κ1) is 26.2. The van der Waals surface area contributed by atoms with Crippen molar-refractivity contribution in [3.63, 3.8) is 0 Å². The van der Waals surface area contributed by atoms with Crippen LogP contribution in [0.1, 0.15) is 31.8 Å². The van der Waals surface area contributed by atoms with Gasteiger partial charge in [0.05, 0.1) is 29.0 Å². The van der Waals surface area contributed by atoms with E-state index < -0.39 is 5.82 Å². The molecule has 0 bridgehead atoms. The molecule has 1 heterocycles. The molecule has 0 radical (unpaired) electrons. The number of carbonyl (C=O) groups is 2. The highest BCUT2D eigenvalue weighted by atomic mass is 32.2. The summed E-state index contributed by atoms with van der Waals surface area (Å²) in [6.45, 7) is 4.55. The molecule has 4 rings (SSSR count). The number of thioether (sulfide) groups is 1. The number of ether oxygens (including phenoxy) is 1. The van der Waals surface area contributed by atoms with Crippen LogP contribution in [0.2, 0.25) is 0 Å². The van der Waals surface area contributed by atoms with Gasteiger partial charge in [-0.1, -0.05) is 35.5 Å². The number of rotatable bonds is 9. The van der Waals surface area contributed by atoms with Crippen molar-refractivity contribution in [2.24, 2.45) is 0 Å². The zero-order valence-electron chi connectivity index (χ0n) is 20.7. The largest absolute Gasteiger partial charge is 0.383 e. The van der Waals surface area contributed by atoms with E-state index in [1.165, 1.54) is 28.8 Å². The van der Waals surface area contributed by atoms with E-state index in [1.807, 2.05) is 26.0 Å². The topological polar surface area (TPSA) is 90.3 Å². The molecule has 190 valence electrons. The second kappa shape index (κ2) is 11.5. The van der Waals surface area contributed by atoms with Crippen molar-refractivity contribution >= 4 is 34.4 Å². The first-order chi connectivity index (χ1) is 17.8. The molecule has 0 atom stereocenters. The number of methoxy groups -OCH3 is 1. The van der Waals surface area contributed by atoms with Gasteiger partial charge in [-0.05, 0) is 61.9 Å². The van der Waals surface area contributed by atoms with Crippen LogP contribution in [0.5, 0.6) is 0 Å². The van der Waals surface area contributed by atoms with Crippen molar-refractivity contribution < 1.29 is 18.7 Å². The third-order valence-electron chi connectivity index (χ3n) is 5.79. The quantitative estimate of drug-likeness (QED) is 0.152. The van der Waals surface area contributed by atoms with Crippen LogP contribution in [0.4, 0.5) is 4.39 Å². The number of aryl methyl sites for hydroxylation is 2. The second-order valence-electron chi connectivity index (χ2n) is 8.52. The van der Waals surface area contributed by atoms with Crippen molar-refractivity contribution in [1.82, 2.24) is 14.9 Å². The number of benzene rings is 3. The van der Waals surface area contributed by atoms with Gasteiger partial charge < -0.3 is 10.1 Å². The summed E-state index contributed by atoms with van der Waals surface area (Å²) in [4.78, 5) is 43.7. The van der Waals surface area contributed by atoms with E-state index in [4.69, 9.17) is 4.74 Å². The Bertz CT molecular complexity index is 1530. The Morgan fingerprint density at radius 1 is 1.05 bits per heavy atom. The predicted molar refractivity (Wildman–Crippen MR) is 142 cm³/mol. The second-order valence-corrected chi connectivity index (χ2v) is 9.46. The lowest BCUT2D eigenvalue weighted by atomic mass is 10.0. The molecule has 0 spiro atoms. The summed E-state index contributed by atoms with van der Waals surface area (Å²) in [5.41, 5.74) is 3.24. The molecule has 37 heavy (non-hydrogen) atoms. The van der Waals surface area contributed by atoms with Crippen LogP contribution in [0, 0.1) is 19.7 Å². The van der Waals surface area contributed by atoms with Gasteiger partial charge in [-0.25, -0.2) is 9.37 Å². The molecule has 0 aliphatic rings. The van der Waals surface area contributed by atoms with Gasteiger partial charge in [0.15, 0.2) is 10.9 Å². The van der Waals surface area contributed by atoms with E-state index in [0.717, 1.165) is 22.9 Å². The fourth-order valence-electron chi connectivity index (χ4n) is 3.92. The van der Waals surface area contributed by atoms with Gasteiger partial charge in [-0.15, -0.1) is 0 Å². The SMILES string of the molecule is COCCNC(=O)c1ccc2c(=O)n(-c3ccc(F)cc3)c(SCC(=O)c3ccc(C)cc3C)nc2c1. The van der Waals surface area contributed by atoms with Crippen molar-refractivity contribution in [1.29, 1.82) is 0 Å². The zero-order chi connectivity index (χ0) is 26.5. The lowest BCUT2D eigenvalue weighted by Gasteiger charge is -2.14. The number of ketones is 1. The average Bonchev–Trinajstić information content (AvgIpc) is 2.88. The van der Waals surface area contributed by atoms with Crippen LogP contribution in [0.15, 0.2) is 70.6 Å². The number of Topliss-reactive ketones (excluding diaryl/α,β-unsaturated/α-hetero) is 1. The number of nitrogens with one attached hydrogen (secondary N) is 1. The van der Waals surface area contributed by atoms with Gasteiger partial charge in [0.25, 0.3) is 11.5 Å². The predicted octanol–water partition coefficient (Wildman–Crippen LogP) is 4.49. The monoisotopic (exact) mass is 519 g/mol. The normalized spacial score (nSPS) is 11.0. The summed E-state index contributed by atoms with van der Waals surface area (Å²) >= 11 is 1.11. The standard InChI is InChI=1S/C28H26FN3O4S/c1-17-4-10-22(18(2)14-17)25(33)16-37-28-31-24-15-19(26(34)30-12-13-36-3)5-11-23(24)27(35)32(28)21-8-6-20(29)7-9-21/h4-11,14-15H,12-13,16H2,1-3H3,(H,30,34). The molecule has 0 unspecified atom stereocenters. The number of carbonyl (C=O) groups excluding carboxylic acids is 2. The fourth-order valence-corrected chi connectivity index (χ4v) is 4.82. The van der Waals surface area contributed by atoms with Crippen molar-refractivity contribution in [3.05, 3.63) is 99.1 Å². The maximum absolute atomic E-state index is 13.6. The number of halogens is 1. The Morgan fingerprint density at radius 2 is 1.81 bits per heavy atom. The van der Waals surface area contributed by atoms with Crippen LogP contribution in [-0.2, 0) is 4.74 Å². The van der Waals surface area contributed by atoms with E-state index in [-0.39, 0.29) is 28.2 Å². The Hall–Kier alpha value is -3.82. The maximum Gasteiger partial charge on any atom is 0.266 e. The highest BCUT2D eigenvalue weighted by Crippen LogP contribution is 2.24. The lowest BCUT2D eigenvalue weighted by Crippen LogP contribution is -2.27. The first-order valence-corrected chi connectivity index (χ1v) is 12.6. The molecular weight excluding hydrogens is 493 g/mol. The molecule has 1 amide bonds. The van der Waals surface area contributed by atoms with Crippen molar-refractivity contribution in [2.75, 3.05) is 26.0 Å². The van der Waals surface area contributed by atoms with Crippen molar-refractivity contribution in [3.8, 4) is 5.69 Å². The van der Waals surface area contributed by atoms with Crippen LogP contribution in [0.25, 0.3) is 16.6 Å². The third-order valence-corrected chi connectivity index (χ3v) is 6.73. The van der Waals surface area contributed by atoms with Gasteiger partial charge in [0.2, 0.25) is 0 Å². The van der Waals surface area contributed by atoms with Gasteiger partial charge in [0, 0.05) is 24.8 Å². The number of fused-ring (bicyclic) bond motifs is 1. The molecule has 0 aliphatic heterocycles.